The topological polar surface area (TPSA) is 56.8 Å². The predicted octanol–water partition coefficient (Wildman–Crippen LogP) is 4.01. The quantitative estimate of drug-likeness (QED) is 0.754. The first-order valence-corrected chi connectivity index (χ1v) is 9.31. The van der Waals surface area contributed by atoms with Crippen molar-refractivity contribution in [3.05, 3.63) is 83.4 Å². The highest BCUT2D eigenvalue weighted by Gasteiger charge is 2.32. The fraction of sp³-hybridized carbons (Fsp3) is 0.174. The first-order chi connectivity index (χ1) is 13.8. The van der Waals surface area contributed by atoms with E-state index in [-0.39, 0.29) is 5.91 Å². The lowest BCUT2D eigenvalue weighted by Gasteiger charge is -2.27. The third-order valence-electron chi connectivity index (χ3n) is 5.02. The number of amides is 1. The summed E-state index contributed by atoms with van der Waals surface area (Å²) in [6, 6.07) is 21.1. The largest absolute Gasteiger partial charge is 0.486 e. The Morgan fingerprint density at radius 3 is 2.18 bits per heavy atom. The molecule has 0 spiro atoms. The molecule has 0 aliphatic carbocycles. The van der Waals surface area contributed by atoms with Crippen LogP contribution < -0.4 is 19.5 Å². The molecule has 0 fully saturated rings. The third kappa shape index (κ3) is 2.95. The van der Waals surface area contributed by atoms with Crippen molar-refractivity contribution in [3.8, 4) is 23.0 Å². The second-order valence-corrected chi connectivity index (χ2v) is 6.81. The molecule has 0 aromatic heterocycles. The van der Waals surface area contributed by atoms with Gasteiger partial charge in [0.05, 0.1) is 5.92 Å². The molecule has 0 radical (unpaired) electrons. The van der Waals surface area contributed by atoms with Crippen molar-refractivity contribution in [2.45, 2.75) is 12.5 Å². The van der Waals surface area contributed by atoms with Crippen LogP contribution >= 0.6 is 0 Å². The number of ether oxygens (including phenoxy) is 3. The maximum absolute atomic E-state index is 13.2. The van der Waals surface area contributed by atoms with Crippen LogP contribution in [0.5, 0.6) is 23.0 Å². The zero-order valence-electron chi connectivity index (χ0n) is 15.2. The molecule has 28 heavy (non-hydrogen) atoms. The van der Waals surface area contributed by atoms with E-state index in [1.54, 1.807) is 0 Å². The molecule has 5 heteroatoms. The molecule has 3 aromatic rings. The Morgan fingerprint density at radius 1 is 0.821 bits per heavy atom. The summed E-state index contributed by atoms with van der Waals surface area (Å²) in [5.41, 5.74) is 2.72. The van der Waals surface area contributed by atoms with Gasteiger partial charge in [0.2, 0.25) is 5.91 Å². The summed E-state index contributed by atoms with van der Waals surface area (Å²) in [5, 5.41) is 3.07. The summed E-state index contributed by atoms with van der Waals surface area (Å²) >= 11 is 0. The fourth-order valence-corrected chi connectivity index (χ4v) is 3.68. The molecule has 3 aromatic carbocycles. The molecule has 2 aliphatic heterocycles. The molecule has 5 rings (SSSR count). The molecule has 0 unspecified atom stereocenters. The lowest BCUT2D eigenvalue weighted by molar-refractivity contribution is -0.122. The van der Waals surface area contributed by atoms with Crippen molar-refractivity contribution >= 4 is 5.91 Å². The van der Waals surface area contributed by atoms with Crippen LogP contribution in [0.1, 0.15) is 22.6 Å². The van der Waals surface area contributed by atoms with E-state index in [0.717, 1.165) is 39.7 Å². The first kappa shape index (κ1) is 16.7. The number of hydrogen-bond donors (Lipinski definition) is 1. The van der Waals surface area contributed by atoms with Gasteiger partial charge >= 0.3 is 0 Å². The van der Waals surface area contributed by atoms with Crippen molar-refractivity contribution in [1.29, 1.82) is 0 Å². The van der Waals surface area contributed by atoms with Crippen molar-refractivity contribution in [2.75, 3.05) is 13.2 Å². The fourth-order valence-electron chi connectivity index (χ4n) is 3.68. The summed E-state index contributed by atoms with van der Waals surface area (Å²) in [6.45, 7) is 1.52. The molecule has 0 saturated heterocycles. The Kier molecular flexibility index (Phi) is 4.13. The van der Waals surface area contributed by atoms with Crippen LogP contribution in [-0.2, 0) is 11.3 Å². The van der Waals surface area contributed by atoms with Gasteiger partial charge in [0.25, 0.3) is 0 Å². The molecule has 0 bridgehead atoms. The third-order valence-corrected chi connectivity index (χ3v) is 5.02. The van der Waals surface area contributed by atoms with Gasteiger partial charge in [-0.15, -0.1) is 0 Å². The molecular formula is C23H19NO4. The molecular weight excluding hydrogens is 354 g/mol. The monoisotopic (exact) mass is 373 g/mol. The molecule has 140 valence electrons. The number of nitrogens with one attached hydrogen (secondary N) is 1. The zero-order chi connectivity index (χ0) is 18.9. The number of carbonyl (C=O) groups is 1. The van der Waals surface area contributed by atoms with E-state index in [4.69, 9.17) is 14.2 Å². The van der Waals surface area contributed by atoms with Gasteiger partial charge in [-0.1, -0.05) is 42.5 Å². The summed E-state index contributed by atoms with van der Waals surface area (Å²) < 4.78 is 17.1. The van der Waals surface area contributed by atoms with Gasteiger partial charge in [-0.3, -0.25) is 4.79 Å². The number of para-hydroxylation sites is 2. The lowest BCUT2D eigenvalue weighted by Crippen LogP contribution is -2.31. The maximum Gasteiger partial charge on any atom is 0.232 e. The molecule has 5 nitrogen and oxygen atoms in total. The number of carbonyl (C=O) groups excluding carboxylic acids is 1. The van der Waals surface area contributed by atoms with Crippen molar-refractivity contribution in [2.24, 2.45) is 0 Å². The second-order valence-electron chi connectivity index (χ2n) is 6.81. The highest BCUT2D eigenvalue weighted by atomic mass is 16.6. The highest BCUT2D eigenvalue weighted by Crippen LogP contribution is 2.43. The minimum absolute atomic E-state index is 0.0573. The average Bonchev–Trinajstić information content (AvgIpc) is 2.75. The Morgan fingerprint density at radius 2 is 1.46 bits per heavy atom. The van der Waals surface area contributed by atoms with Crippen LogP contribution in [0.4, 0.5) is 0 Å². The van der Waals surface area contributed by atoms with Gasteiger partial charge in [-0.2, -0.15) is 0 Å². The van der Waals surface area contributed by atoms with Crippen LogP contribution in [0.15, 0.2) is 66.7 Å². The standard InChI is InChI=1S/C23H19NO4/c25-23(24-14-15-9-10-20-21(13-15)27-12-11-26-20)22-16-5-1-3-7-18(16)28-19-8-4-2-6-17(19)22/h1-10,13,22H,11-12,14H2,(H,24,25). The number of hydrogen-bond acceptors (Lipinski definition) is 4. The van der Waals surface area contributed by atoms with E-state index in [9.17, 15) is 4.79 Å². The zero-order valence-corrected chi connectivity index (χ0v) is 15.2. The first-order valence-electron chi connectivity index (χ1n) is 9.31. The molecule has 2 aliphatic rings. The van der Waals surface area contributed by atoms with Gasteiger partial charge < -0.3 is 19.5 Å². The number of rotatable bonds is 3. The van der Waals surface area contributed by atoms with E-state index < -0.39 is 5.92 Å². The summed E-state index contributed by atoms with van der Waals surface area (Å²) in [7, 11) is 0. The van der Waals surface area contributed by atoms with Crippen LogP contribution in [0.2, 0.25) is 0 Å². The van der Waals surface area contributed by atoms with Gasteiger partial charge in [-0.05, 0) is 29.8 Å². The van der Waals surface area contributed by atoms with Crippen LogP contribution in [-0.4, -0.2) is 19.1 Å². The lowest BCUT2D eigenvalue weighted by atomic mass is 9.87. The van der Waals surface area contributed by atoms with E-state index in [1.807, 2.05) is 66.7 Å². The van der Waals surface area contributed by atoms with E-state index in [1.165, 1.54) is 0 Å². The molecule has 0 atom stereocenters. The van der Waals surface area contributed by atoms with E-state index in [2.05, 4.69) is 5.32 Å². The van der Waals surface area contributed by atoms with Gasteiger partial charge in [0.1, 0.15) is 24.7 Å². The number of fused-ring (bicyclic) bond motifs is 3. The smallest absolute Gasteiger partial charge is 0.232 e. The predicted molar refractivity (Wildman–Crippen MR) is 104 cm³/mol. The summed E-state index contributed by atoms with van der Waals surface area (Å²) in [4.78, 5) is 13.2. The van der Waals surface area contributed by atoms with Crippen molar-refractivity contribution in [3.63, 3.8) is 0 Å². The van der Waals surface area contributed by atoms with Crippen molar-refractivity contribution < 1.29 is 19.0 Å². The van der Waals surface area contributed by atoms with Crippen LogP contribution in [0.3, 0.4) is 0 Å². The molecule has 2 heterocycles. The summed E-state index contributed by atoms with van der Waals surface area (Å²) in [6.07, 6.45) is 0. The van der Waals surface area contributed by atoms with Gasteiger partial charge in [0, 0.05) is 17.7 Å². The SMILES string of the molecule is O=C(NCc1ccc2c(c1)OCCO2)C1c2ccccc2Oc2ccccc21. The Hall–Kier alpha value is -3.47. The minimum Gasteiger partial charge on any atom is -0.486 e. The molecule has 0 saturated carbocycles. The van der Waals surface area contributed by atoms with E-state index in [0.29, 0.717) is 19.8 Å². The van der Waals surface area contributed by atoms with Crippen molar-refractivity contribution in [1.82, 2.24) is 5.32 Å². The van der Waals surface area contributed by atoms with Gasteiger partial charge in [0.15, 0.2) is 11.5 Å². The van der Waals surface area contributed by atoms with Gasteiger partial charge in [-0.25, -0.2) is 0 Å². The maximum atomic E-state index is 13.2. The summed E-state index contributed by atoms with van der Waals surface area (Å²) in [5.74, 6) is 2.45. The van der Waals surface area contributed by atoms with E-state index >= 15 is 0 Å². The van der Waals surface area contributed by atoms with Crippen LogP contribution in [0, 0.1) is 0 Å². The molecule has 1 N–H and O–H groups in total. The normalized spacial score (nSPS) is 14.4. The average molecular weight is 373 g/mol. The Labute approximate surface area is 162 Å². The second kappa shape index (κ2) is 6.93. The minimum atomic E-state index is -0.404. The number of benzene rings is 3. The molecule has 1 amide bonds. The highest BCUT2D eigenvalue weighted by molar-refractivity contribution is 5.89. The van der Waals surface area contributed by atoms with Crippen LogP contribution in [0.25, 0.3) is 0 Å². The Balaban J connectivity index is 1.40. The Bertz CT molecular complexity index is 1000.